The highest BCUT2D eigenvalue weighted by atomic mass is 16.5. The molecule has 17 heteroatoms. The predicted molar refractivity (Wildman–Crippen MR) is 269 cm³/mol. The van der Waals surface area contributed by atoms with Crippen molar-refractivity contribution < 1.29 is 38.6 Å². The Hall–Kier alpha value is -8.38. The minimum Gasteiger partial charge on any atom is -0.468 e. The largest absolute Gasteiger partial charge is 0.468 e. The minimum atomic E-state index is -1.24. The second-order valence-corrected chi connectivity index (χ2v) is 20.3. The maximum atomic E-state index is 13.5. The zero-order valence-corrected chi connectivity index (χ0v) is 38.5. The van der Waals surface area contributed by atoms with Crippen molar-refractivity contribution in [3.05, 3.63) is 119 Å². The molecule has 10 aromatic rings. The standard InChI is InChI=1S/C28H23N5O4.C27H20N4O4/c29-28(27(37)30-9-10-34)12-13-11-18(28)33-17-8-4-2-6-15(17)20-22-21(25(35)31-26(22)36)19-14-5-1-3-7-16(14)32(13)23(19)24(20)33;1-35-26(34)27(28)11-12-10-17(27)31-16-9-5-3-7-14(16)19-21-20(24(32)29-25(21)33)18-13-6-2-4-8-15(13)30(12)22(18)23(19)31/h1-8,13,18,34H,9-12,29H2,(H,30,37)(H,31,35,36);2-9,12,17H,10-11,28H2,1H3,(H,29,32,33)/t13?,18?,28-;12?,17?,27-/m00/s1. The summed E-state index contributed by atoms with van der Waals surface area (Å²) in [7, 11) is 1.37. The smallest absolute Gasteiger partial charge is 0.328 e. The number of nitrogens with two attached hydrogens (primary N) is 2. The molecule has 4 unspecified atom stereocenters. The summed E-state index contributed by atoms with van der Waals surface area (Å²) in [6.07, 6.45) is 2.06. The molecule has 356 valence electrons. The summed E-state index contributed by atoms with van der Waals surface area (Å²) >= 11 is 0. The van der Waals surface area contributed by atoms with Crippen molar-refractivity contribution in [2.45, 2.75) is 60.9 Å². The average molecular weight is 958 g/mol. The first-order chi connectivity index (χ1) is 34.9. The molecule has 17 nitrogen and oxygen atoms in total. The number of methoxy groups -OCH3 is 1. The van der Waals surface area contributed by atoms with Crippen LogP contribution in [0, 0.1) is 0 Å². The third-order valence-corrected chi connectivity index (χ3v) is 17.0. The minimum absolute atomic E-state index is 0.0772. The number of nitrogens with zero attached hydrogens (tertiary/aromatic N) is 4. The summed E-state index contributed by atoms with van der Waals surface area (Å²) < 4.78 is 14.0. The van der Waals surface area contributed by atoms with Gasteiger partial charge in [0.1, 0.15) is 11.1 Å². The van der Waals surface area contributed by atoms with Crippen molar-refractivity contribution in [1.82, 2.24) is 34.2 Å². The van der Waals surface area contributed by atoms with Gasteiger partial charge in [0.15, 0.2) is 0 Å². The maximum Gasteiger partial charge on any atom is 0.328 e. The highest BCUT2D eigenvalue weighted by Gasteiger charge is 2.57. The number of ether oxygens (including phenoxy) is 1. The molecule has 4 aromatic heterocycles. The molecule has 2 aliphatic carbocycles. The van der Waals surface area contributed by atoms with E-state index < -0.39 is 34.9 Å². The lowest BCUT2D eigenvalue weighted by molar-refractivity contribution is -0.148. The first-order valence-electron chi connectivity index (χ1n) is 24.2. The molecule has 5 amide bonds. The van der Waals surface area contributed by atoms with E-state index >= 15 is 0 Å². The van der Waals surface area contributed by atoms with Gasteiger partial charge in [0.25, 0.3) is 23.6 Å². The summed E-state index contributed by atoms with van der Waals surface area (Å²) in [6, 6.07) is 30.5. The molecule has 0 spiro atoms. The SMILES string of the molecule is COC(=O)[C@]1(N)CC2CC1n1c3ccccc3c3c4c(c5c6ccccc6n2c5c31)C(=O)NC4=O.N[C@@]1(C(=O)NCCO)CC2CC1n1c3ccccc3c3c4c(c5c6ccccc6n2c5c31)C(=O)NC4=O. The van der Waals surface area contributed by atoms with E-state index in [1.165, 1.54) is 7.11 Å². The fourth-order valence-corrected chi connectivity index (χ4v) is 14.5. The predicted octanol–water partition coefficient (Wildman–Crippen LogP) is 6.03. The Labute approximate surface area is 406 Å². The Bertz CT molecular complexity index is 4310. The van der Waals surface area contributed by atoms with Crippen LogP contribution in [-0.4, -0.2) is 90.2 Å². The molecule has 4 bridgehead atoms. The van der Waals surface area contributed by atoms with E-state index in [1.54, 1.807) is 0 Å². The molecular formula is C55H43N9O8. The van der Waals surface area contributed by atoms with Gasteiger partial charge < -0.3 is 44.9 Å². The first-order valence-corrected chi connectivity index (χ1v) is 24.2. The van der Waals surface area contributed by atoms with Gasteiger partial charge in [-0.2, -0.15) is 0 Å². The number of aliphatic hydroxyl groups is 1. The number of rotatable bonds is 4. The summed E-state index contributed by atoms with van der Waals surface area (Å²) in [5.74, 6) is -2.30. The van der Waals surface area contributed by atoms with Crippen molar-refractivity contribution in [3.8, 4) is 0 Å². The van der Waals surface area contributed by atoms with E-state index in [4.69, 9.17) is 16.2 Å². The fourth-order valence-electron chi connectivity index (χ4n) is 14.5. The van der Waals surface area contributed by atoms with Gasteiger partial charge in [0.2, 0.25) is 5.91 Å². The number of aliphatic hydroxyl groups excluding tert-OH is 1. The van der Waals surface area contributed by atoms with Gasteiger partial charge in [-0.05, 0) is 49.9 Å². The van der Waals surface area contributed by atoms with E-state index in [1.807, 2.05) is 97.1 Å². The number of benzene rings is 6. The number of esters is 1. The Balaban J connectivity index is 0.000000129. The number of carbonyl (C=O) groups excluding carboxylic acids is 6. The van der Waals surface area contributed by atoms with E-state index in [0.717, 1.165) is 87.2 Å². The van der Waals surface area contributed by atoms with Gasteiger partial charge in [-0.1, -0.05) is 72.8 Å². The monoisotopic (exact) mass is 957 g/mol. The van der Waals surface area contributed by atoms with Crippen LogP contribution < -0.4 is 27.4 Å². The molecule has 0 saturated heterocycles. The lowest BCUT2D eigenvalue weighted by atomic mass is 9.91. The second kappa shape index (κ2) is 13.7. The van der Waals surface area contributed by atoms with Crippen molar-refractivity contribution in [1.29, 1.82) is 0 Å². The third kappa shape index (κ3) is 4.69. The van der Waals surface area contributed by atoms with Crippen molar-refractivity contribution in [2.24, 2.45) is 11.5 Å². The quantitative estimate of drug-likeness (QED) is 0.0885. The zero-order valence-electron chi connectivity index (χ0n) is 38.5. The molecule has 2 saturated carbocycles. The number of para-hydroxylation sites is 4. The number of amides is 5. The molecule has 8 N–H and O–H groups in total. The number of aromatic nitrogens is 4. The van der Waals surface area contributed by atoms with Crippen LogP contribution in [-0.2, 0) is 14.3 Å². The van der Waals surface area contributed by atoms with Crippen LogP contribution in [0.25, 0.3) is 87.2 Å². The van der Waals surface area contributed by atoms with E-state index in [2.05, 4.69) is 34.2 Å². The molecule has 16 rings (SSSR count). The van der Waals surface area contributed by atoms with Crippen molar-refractivity contribution in [2.75, 3.05) is 20.3 Å². The molecule has 6 aliphatic rings. The summed E-state index contributed by atoms with van der Waals surface area (Å²) in [5, 5.41) is 23.7. The molecule has 0 radical (unpaired) electrons. The Morgan fingerprint density at radius 1 is 0.569 bits per heavy atom. The lowest BCUT2D eigenvalue weighted by Crippen LogP contribution is -2.57. The Morgan fingerprint density at radius 3 is 1.28 bits per heavy atom. The molecule has 6 aromatic carbocycles. The number of fused-ring (bicyclic) bond motifs is 26. The average Bonchev–Trinajstić information content (AvgIpc) is 4.26. The first kappa shape index (κ1) is 41.4. The van der Waals surface area contributed by atoms with Gasteiger partial charge in [-0.3, -0.25) is 34.6 Å². The fraction of sp³-hybridized carbons (Fsp3) is 0.236. The van der Waals surface area contributed by atoms with Crippen molar-refractivity contribution in [3.63, 3.8) is 0 Å². The van der Waals surface area contributed by atoms with E-state index in [-0.39, 0.29) is 49.0 Å². The van der Waals surface area contributed by atoms with Gasteiger partial charge in [0, 0.05) is 83.8 Å². The maximum absolute atomic E-state index is 13.5. The molecular weight excluding hydrogens is 915 g/mol. The summed E-state index contributed by atoms with van der Waals surface area (Å²) in [6.45, 7) is -0.0480. The Kier molecular flexibility index (Phi) is 7.89. The van der Waals surface area contributed by atoms with E-state index in [9.17, 15) is 33.9 Å². The lowest BCUT2D eigenvalue weighted by Gasteiger charge is -2.33. The normalized spacial score (nSPS) is 24.3. The van der Waals surface area contributed by atoms with Crippen LogP contribution in [0.15, 0.2) is 97.1 Å². The molecule has 72 heavy (non-hydrogen) atoms. The number of carbonyl (C=O) groups is 6. The third-order valence-electron chi connectivity index (χ3n) is 17.0. The molecule has 8 heterocycles. The van der Waals surface area contributed by atoms with Gasteiger partial charge in [-0.25, -0.2) is 4.79 Å². The topological polar surface area (TPSA) is 240 Å². The highest BCUT2D eigenvalue weighted by Crippen LogP contribution is 2.58. The Morgan fingerprint density at radius 2 is 0.903 bits per heavy atom. The van der Waals surface area contributed by atoms with Crippen LogP contribution in [0.1, 0.15) is 91.3 Å². The van der Waals surface area contributed by atoms with Crippen LogP contribution in [0.2, 0.25) is 0 Å². The van der Waals surface area contributed by atoms with Crippen LogP contribution in [0.3, 0.4) is 0 Å². The number of hydrogen-bond acceptors (Lipinski definition) is 10. The molecule has 4 aliphatic heterocycles. The van der Waals surface area contributed by atoms with Crippen LogP contribution in [0.4, 0.5) is 0 Å². The van der Waals surface area contributed by atoms with Crippen LogP contribution >= 0.6 is 0 Å². The number of nitrogens with one attached hydrogen (secondary N) is 3. The van der Waals surface area contributed by atoms with Crippen LogP contribution in [0.5, 0.6) is 0 Å². The second-order valence-electron chi connectivity index (χ2n) is 20.3. The molecule has 6 atom stereocenters. The van der Waals surface area contributed by atoms with Gasteiger partial charge in [-0.15, -0.1) is 0 Å². The highest BCUT2D eigenvalue weighted by molar-refractivity contribution is 6.41. The summed E-state index contributed by atoms with van der Waals surface area (Å²) in [5.41, 5.74) is 20.2. The van der Waals surface area contributed by atoms with Crippen molar-refractivity contribution >= 4 is 123 Å². The summed E-state index contributed by atoms with van der Waals surface area (Å²) in [4.78, 5) is 79.6. The zero-order chi connectivity index (χ0) is 49.0. The van der Waals surface area contributed by atoms with Gasteiger partial charge in [0.05, 0.1) is 70.1 Å². The number of imide groups is 2. The van der Waals surface area contributed by atoms with E-state index in [0.29, 0.717) is 47.9 Å². The molecule has 2 fully saturated rings. The number of hydrogen-bond donors (Lipinski definition) is 6. The van der Waals surface area contributed by atoms with Gasteiger partial charge >= 0.3 is 5.97 Å².